The number of nitrogens with zero attached hydrogens (tertiary/aromatic N) is 1. The van der Waals surface area contributed by atoms with Crippen molar-refractivity contribution < 1.29 is 29.3 Å². The van der Waals surface area contributed by atoms with Crippen molar-refractivity contribution in [2.75, 3.05) is 5.32 Å². The fraction of sp³-hybridized carbons (Fsp3) is 0.294. The van der Waals surface area contributed by atoms with Gasteiger partial charge < -0.3 is 25.2 Å². The molecular formula is C34H37FN2O5. The van der Waals surface area contributed by atoms with Crippen molar-refractivity contribution in [1.82, 2.24) is 4.57 Å². The Balaban J connectivity index is 1.85. The lowest BCUT2D eigenvalue weighted by atomic mass is 9.94. The van der Waals surface area contributed by atoms with Gasteiger partial charge in [-0.1, -0.05) is 56.3 Å². The van der Waals surface area contributed by atoms with Crippen molar-refractivity contribution in [3.8, 4) is 22.4 Å². The van der Waals surface area contributed by atoms with Crippen molar-refractivity contribution in [2.24, 2.45) is 0 Å². The van der Waals surface area contributed by atoms with E-state index in [9.17, 15) is 24.2 Å². The van der Waals surface area contributed by atoms with Crippen LogP contribution in [0.1, 0.15) is 67.1 Å². The number of hydrogen-bond acceptors (Lipinski definition) is 4. The number of aliphatic carboxylic acids is 1. The molecular weight excluding hydrogens is 535 g/mol. The van der Waals surface area contributed by atoms with Gasteiger partial charge in [-0.15, -0.1) is 0 Å². The van der Waals surface area contributed by atoms with E-state index < -0.39 is 12.1 Å². The number of unbranched alkanes of at least 4 members (excludes halogenated alkanes) is 1. The van der Waals surface area contributed by atoms with E-state index in [1.807, 2.05) is 44.2 Å². The Kier molecular flexibility index (Phi) is 10.3. The first-order chi connectivity index (χ1) is 20.2. The highest BCUT2D eigenvalue weighted by atomic mass is 19.1. The molecule has 1 atom stereocenters. The maximum absolute atomic E-state index is 14.1. The Morgan fingerprint density at radius 3 is 2.17 bits per heavy atom. The fourth-order valence-corrected chi connectivity index (χ4v) is 5.33. The Hall–Kier alpha value is -4.27. The smallest absolute Gasteiger partial charge is 0.305 e. The Bertz CT molecular complexity index is 1500. The summed E-state index contributed by atoms with van der Waals surface area (Å²) in [6, 6.07) is 22.9. The number of aliphatic hydroxyl groups is 2. The summed E-state index contributed by atoms with van der Waals surface area (Å²) in [5, 5.41) is 31.5. The zero-order valence-corrected chi connectivity index (χ0v) is 23.9. The molecule has 0 spiro atoms. The number of nitrogens with one attached hydrogen (secondary N) is 1. The number of hydrogen-bond donors (Lipinski definition) is 4. The third-order valence-corrected chi connectivity index (χ3v) is 7.23. The van der Waals surface area contributed by atoms with Crippen molar-refractivity contribution in [2.45, 2.75) is 64.7 Å². The van der Waals surface area contributed by atoms with Crippen molar-refractivity contribution in [3.63, 3.8) is 0 Å². The summed E-state index contributed by atoms with van der Waals surface area (Å²) in [5.41, 5.74) is 5.80. The molecule has 220 valence electrons. The summed E-state index contributed by atoms with van der Waals surface area (Å²) in [7, 11) is 0. The minimum atomic E-state index is -1.04. The largest absolute Gasteiger partial charge is 0.481 e. The lowest BCUT2D eigenvalue weighted by Crippen LogP contribution is -2.17. The van der Waals surface area contributed by atoms with E-state index in [2.05, 4.69) is 9.88 Å². The maximum Gasteiger partial charge on any atom is 0.305 e. The van der Waals surface area contributed by atoms with Crippen LogP contribution in [0, 0.1) is 5.82 Å². The monoisotopic (exact) mass is 572 g/mol. The maximum atomic E-state index is 14.1. The molecule has 0 aliphatic rings. The normalized spacial score (nSPS) is 12.0. The molecule has 4 N–H and O–H groups in total. The number of carboxylic acid groups (broad SMARTS) is 1. The molecule has 0 saturated carbocycles. The highest BCUT2D eigenvalue weighted by Crippen LogP contribution is 2.42. The molecule has 0 bridgehead atoms. The summed E-state index contributed by atoms with van der Waals surface area (Å²) in [6.07, 6.45) is 0.346. The summed E-state index contributed by atoms with van der Waals surface area (Å²) in [5.74, 6) is -1.74. The molecule has 42 heavy (non-hydrogen) atoms. The van der Waals surface area contributed by atoms with Gasteiger partial charge >= 0.3 is 5.97 Å². The van der Waals surface area contributed by atoms with Crippen LogP contribution >= 0.6 is 0 Å². The van der Waals surface area contributed by atoms with Gasteiger partial charge in [-0.05, 0) is 78.3 Å². The van der Waals surface area contributed by atoms with E-state index in [4.69, 9.17) is 5.11 Å². The number of aliphatic hydroxyl groups excluding tert-OH is 2. The summed E-state index contributed by atoms with van der Waals surface area (Å²) >= 11 is 0. The van der Waals surface area contributed by atoms with Crippen LogP contribution in [-0.2, 0) is 17.9 Å². The van der Waals surface area contributed by atoms with Crippen LogP contribution < -0.4 is 5.32 Å². The number of amides is 1. The Morgan fingerprint density at radius 1 is 0.905 bits per heavy atom. The van der Waals surface area contributed by atoms with E-state index in [-0.39, 0.29) is 30.7 Å². The van der Waals surface area contributed by atoms with Crippen LogP contribution in [0.15, 0.2) is 78.9 Å². The average molecular weight is 573 g/mol. The van der Waals surface area contributed by atoms with Gasteiger partial charge in [0.25, 0.3) is 5.91 Å². The first-order valence-corrected chi connectivity index (χ1v) is 14.2. The van der Waals surface area contributed by atoms with Gasteiger partial charge in [-0.2, -0.15) is 0 Å². The van der Waals surface area contributed by atoms with Gasteiger partial charge in [0.15, 0.2) is 0 Å². The first kappa shape index (κ1) is 30.7. The first-order valence-electron chi connectivity index (χ1n) is 14.2. The highest BCUT2D eigenvalue weighted by molar-refractivity contribution is 6.12. The molecule has 1 aromatic heterocycles. The summed E-state index contributed by atoms with van der Waals surface area (Å²) in [6.45, 7) is 4.47. The average Bonchev–Trinajstić information content (AvgIpc) is 3.32. The van der Waals surface area contributed by atoms with E-state index in [1.54, 1.807) is 36.4 Å². The van der Waals surface area contributed by atoms with Gasteiger partial charge in [-0.25, -0.2) is 4.39 Å². The molecule has 1 heterocycles. The number of aromatic nitrogens is 1. The topological polar surface area (TPSA) is 112 Å². The highest BCUT2D eigenvalue weighted by Gasteiger charge is 2.30. The van der Waals surface area contributed by atoms with Gasteiger partial charge in [0.2, 0.25) is 0 Å². The second-order valence-electron chi connectivity index (χ2n) is 10.7. The zero-order valence-electron chi connectivity index (χ0n) is 23.9. The minimum absolute atomic E-state index is 0.0585. The molecule has 4 rings (SSSR count). The van der Waals surface area contributed by atoms with Crippen LogP contribution in [0.4, 0.5) is 10.1 Å². The van der Waals surface area contributed by atoms with E-state index in [0.29, 0.717) is 37.1 Å². The van der Waals surface area contributed by atoms with Gasteiger partial charge in [0, 0.05) is 23.5 Å². The van der Waals surface area contributed by atoms with Gasteiger partial charge in [0.05, 0.1) is 30.4 Å². The summed E-state index contributed by atoms with van der Waals surface area (Å²) in [4.78, 5) is 25.1. The molecule has 4 aromatic rings. The van der Waals surface area contributed by atoms with Crippen LogP contribution in [0.3, 0.4) is 0 Å². The van der Waals surface area contributed by atoms with E-state index in [0.717, 1.165) is 33.6 Å². The van der Waals surface area contributed by atoms with Crippen LogP contribution in [0.25, 0.3) is 22.4 Å². The quantitative estimate of drug-likeness (QED) is 0.131. The van der Waals surface area contributed by atoms with Crippen molar-refractivity contribution >= 4 is 17.6 Å². The third-order valence-electron chi connectivity index (χ3n) is 7.23. The molecule has 0 fully saturated rings. The van der Waals surface area contributed by atoms with Crippen molar-refractivity contribution in [3.05, 3.63) is 102 Å². The number of anilines is 1. The second-order valence-corrected chi connectivity index (χ2v) is 10.7. The lowest BCUT2D eigenvalue weighted by Gasteiger charge is -2.18. The van der Waals surface area contributed by atoms with Crippen LogP contribution in [0.5, 0.6) is 0 Å². The van der Waals surface area contributed by atoms with Crippen LogP contribution in [0.2, 0.25) is 0 Å². The van der Waals surface area contributed by atoms with Gasteiger partial charge in [0.1, 0.15) is 5.82 Å². The molecule has 8 heteroatoms. The fourth-order valence-electron chi connectivity index (χ4n) is 5.33. The molecule has 0 aliphatic heterocycles. The SMILES string of the molecule is CC(C)c1c(C(=O)Nc2ccc(CO)cc2)c(-c2ccccc2)c(-c2ccc(F)cc2)n1CCCC[C@@H](O)CC(=O)O. The molecule has 1 amide bonds. The molecule has 0 saturated heterocycles. The van der Waals surface area contributed by atoms with Gasteiger partial charge in [-0.3, -0.25) is 9.59 Å². The van der Waals surface area contributed by atoms with E-state index >= 15 is 0 Å². The van der Waals surface area contributed by atoms with Crippen LogP contribution in [-0.4, -0.2) is 37.9 Å². The third kappa shape index (κ3) is 7.32. The number of halogens is 1. The lowest BCUT2D eigenvalue weighted by molar-refractivity contribution is -0.139. The number of rotatable bonds is 13. The van der Waals surface area contributed by atoms with Crippen molar-refractivity contribution in [1.29, 1.82) is 0 Å². The zero-order chi connectivity index (χ0) is 30.2. The Labute approximate surface area is 245 Å². The predicted molar refractivity (Wildman–Crippen MR) is 162 cm³/mol. The molecule has 0 unspecified atom stereocenters. The number of carboxylic acids is 1. The standard InChI is InChI=1S/C34H37FN2O5/c1-22(2)32-31(34(42)36-27-17-11-23(21-38)12-18-27)30(24-8-4-3-5-9-24)33(25-13-15-26(35)16-14-25)37(32)19-7-6-10-28(39)20-29(40)41/h3-5,8-9,11-18,22,28,38-39H,6-7,10,19-21H2,1-2H3,(H,36,42)(H,40,41)/t28-/m1/s1. The minimum Gasteiger partial charge on any atom is -0.481 e. The molecule has 3 aromatic carbocycles. The molecule has 7 nitrogen and oxygen atoms in total. The van der Waals surface area contributed by atoms with E-state index in [1.165, 1.54) is 12.1 Å². The number of carbonyl (C=O) groups is 2. The number of benzene rings is 3. The molecule has 0 radical (unpaired) electrons. The second kappa shape index (κ2) is 14.1. The predicted octanol–water partition coefficient (Wildman–Crippen LogP) is 6.84. The molecule has 0 aliphatic carbocycles. The Morgan fingerprint density at radius 2 is 1.57 bits per heavy atom. The number of carbonyl (C=O) groups excluding carboxylic acids is 1. The summed E-state index contributed by atoms with van der Waals surface area (Å²) < 4.78 is 16.1.